The Morgan fingerprint density at radius 2 is 2.06 bits per heavy atom. The maximum atomic E-state index is 14.3. The maximum Gasteiger partial charge on any atom is 0.285 e. The van der Waals surface area contributed by atoms with Crippen molar-refractivity contribution in [3.05, 3.63) is 59.8 Å². The van der Waals surface area contributed by atoms with Crippen molar-refractivity contribution >= 4 is 15.9 Å². The topological polar surface area (TPSA) is 107 Å². The average Bonchev–Trinajstić information content (AvgIpc) is 3.44. The Kier molecular flexibility index (Phi) is 5.57. The van der Waals surface area contributed by atoms with Crippen LogP contribution in [0, 0.1) is 5.82 Å². The first-order chi connectivity index (χ1) is 14.7. The molecule has 0 bridgehead atoms. The third-order valence-corrected chi connectivity index (χ3v) is 6.30. The van der Waals surface area contributed by atoms with Gasteiger partial charge in [0.25, 0.3) is 10.0 Å². The summed E-state index contributed by atoms with van der Waals surface area (Å²) < 4.78 is 41.6. The van der Waals surface area contributed by atoms with E-state index in [2.05, 4.69) is 19.9 Å². The number of amides is 1. The van der Waals surface area contributed by atoms with Crippen molar-refractivity contribution in [2.24, 2.45) is 0 Å². The number of aromatic nitrogens is 4. The van der Waals surface area contributed by atoms with Crippen LogP contribution in [-0.4, -0.2) is 34.3 Å². The largest absolute Gasteiger partial charge is 0.285 e. The summed E-state index contributed by atoms with van der Waals surface area (Å²) in [4.78, 5) is 18.2. The van der Waals surface area contributed by atoms with Gasteiger partial charge >= 0.3 is 0 Å². The lowest BCUT2D eigenvalue weighted by Gasteiger charge is -2.18. The van der Waals surface area contributed by atoms with Gasteiger partial charge in [-0.3, -0.25) is 9.78 Å². The van der Waals surface area contributed by atoms with Crippen LogP contribution in [-0.2, 0) is 21.2 Å². The smallest absolute Gasteiger partial charge is 0.274 e. The Bertz CT molecular complexity index is 1220. The average molecular weight is 444 g/mol. The minimum absolute atomic E-state index is 0.0797. The summed E-state index contributed by atoms with van der Waals surface area (Å²) in [5.74, 6) is -1.25. The number of pyridine rings is 1. The van der Waals surface area contributed by atoms with Crippen LogP contribution < -0.4 is 4.72 Å². The first-order valence-electron chi connectivity index (χ1n) is 9.95. The van der Waals surface area contributed by atoms with Gasteiger partial charge in [-0.15, -0.1) is 5.10 Å². The zero-order valence-electron chi connectivity index (χ0n) is 17.1. The van der Waals surface area contributed by atoms with Crippen molar-refractivity contribution in [1.29, 1.82) is 0 Å². The summed E-state index contributed by atoms with van der Waals surface area (Å²) in [6.45, 7) is 3.77. The number of rotatable bonds is 7. The second-order valence-electron chi connectivity index (χ2n) is 7.86. The van der Waals surface area contributed by atoms with Gasteiger partial charge in [0.1, 0.15) is 5.82 Å². The van der Waals surface area contributed by atoms with Crippen molar-refractivity contribution in [2.45, 2.75) is 50.1 Å². The van der Waals surface area contributed by atoms with Crippen LogP contribution in [0.5, 0.6) is 0 Å². The number of halogens is 1. The number of carbonyl (C=O) groups is 1. The van der Waals surface area contributed by atoms with Crippen LogP contribution in [0.25, 0.3) is 11.1 Å². The molecule has 1 N–H and O–H groups in total. The Morgan fingerprint density at radius 3 is 2.71 bits per heavy atom. The Hall–Kier alpha value is -3.14. The molecule has 0 radical (unpaired) electrons. The fourth-order valence-corrected chi connectivity index (χ4v) is 4.27. The third kappa shape index (κ3) is 4.63. The van der Waals surface area contributed by atoms with Crippen LogP contribution in [0.15, 0.2) is 47.9 Å². The Balaban J connectivity index is 1.63. The standard InChI is InChI=1S/C21H22FN5O3S/c1-13(2)17-8-15(22)9-18(14-4-3-7-23-11-14)19(17)10-20(28)26-31(29,30)21-12-24-27(25-21)16-5-6-16/h3-4,7-9,11-13,16H,5-6,10H2,1-2H3,(H,26,28). The lowest BCUT2D eigenvalue weighted by atomic mass is 9.88. The fourth-order valence-electron chi connectivity index (χ4n) is 3.41. The summed E-state index contributed by atoms with van der Waals surface area (Å²) >= 11 is 0. The molecule has 1 aliphatic rings. The molecule has 2 aromatic heterocycles. The molecule has 3 aromatic rings. The third-order valence-electron chi connectivity index (χ3n) is 5.07. The zero-order valence-corrected chi connectivity index (χ0v) is 17.9. The van der Waals surface area contributed by atoms with Gasteiger partial charge in [-0.05, 0) is 53.6 Å². The molecule has 8 nitrogen and oxygen atoms in total. The predicted molar refractivity (Wildman–Crippen MR) is 111 cm³/mol. The first-order valence-corrected chi connectivity index (χ1v) is 11.4. The van der Waals surface area contributed by atoms with Gasteiger partial charge in [-0.2, -0.15) is 18.3 Å². The van der Waals surface area contributed by atoms with E-state index in [1.807, 2.05) is 13.8 Å². The van der Waals surface area contributed by atoms with Gasteiger partial charge in [0.05, 0.1) is 18.7 Å². The second kappa shape index (κ2) is 8.18. The second-order valence-corrected chi connectivity index (χ2v) is 9.49. The van der Waals surface area contributed by atoms with Gasteiger partial charge in [0.2, 0.25) is 10.9 Å². The molecular weight excluding hydrogens is 421 g/mol. The minimum atomic E-state index is -4.16. The molecule has 0 saturated heterocycles. The number of hydrogen-bond donors (Lipinski definition) is 1. The quantitative estimate of drug-likeness (QED) is 0.602. The molecule has 1 saturated carbocycles. The Morgan fingerprint density at radius 1 is 1.29 bits per heavy atom. The van der Waals surface area contributed by atoms with Gasteiger partial charge in [0.15, 0.2) is 0 Å². The number of hydrogen-bond acceptors (Lipinski definition) is 6. The molecule has 162 valence electrons. The van der Waals surface area contributed by atoms with E-state index < -0.39 is 21.7 Å². The first kappa shape index (κ1) is 21.1. The van der Waals surface area contributed by atoms with Crippen molar-refractivity contribution in [3.63, 3.8) is 0 Å². The van der Waals surface area contributed by atoms with Crippen LogP contribution in [0.3, 0.4) is 0 Å². The van der Waals surface area contributed by atoms with E-state index in [0.29, 0.717) is 22.3 Å². The van der Waals surface area contributed by atoms with Gasteiger partial charge in [-0.1, -0.05) is 19.9 Å². The minimum Gasteiger partial charge on any atom is -0.274 e. The van der Waals surface area contributed by atoms with Crippen LogP contribution in [0.2, 0.25) is 0 Å². The molecule has 0 unspecified atom stereocenters. The Labute approximate surface area is 179 Å². The molecule has 0 spiro atoms. The molecule has 1 fully saturated rings. The predicted octanol–water partition coefficient (Wildman–Crippen LogP) is 2.99. The number of sulfonamides is 1. The van der Waals surface area contributed by atoms with Crippen molar-refractivity contribution in [1.82, 2.24) is 24.7 Å². The van der Waals surface area contributed by atoms with E-state index in [1.165, 1.54) is 16.9 Å². The fraction of sp³-hybridized carbons (Fsp3) is 0.333. The lowest BCUT2D eigenvalue weighted by molar-refractivity contribution is -0.118. The molecule has 31 heavy (non-hydrogen) atoms. The lowest BCUT2D eigenvalue weighted by Crippen LogP contribution is -2.32. The van der Waals surface area contributed by atoms with E-state index in [-0.39, 0.29) is 23.4 Å². The maximum absolute atomic E-state index is 14.3. The van der Waals surface area contributed by atoms with E-state index in [9.17, 15) is 17.6 Å². The summed E-state index contributed by atoms with van der Waals surface area (Å²) in [5.41, 5.74) is 2.33. The van der Waals surface area contributed by atoms with Crippen molar-refractivity contribution in [2.75, 3.05) is 0 Å². The summed E-state index contributed by atoms with van der Waals surface area (Å²) in [6.07, 6.45) is 5.87. The van der Waals surface area contributed by atoms with E-state index in [0.717, 1.165) is 19.0 Å². The highest BCUT2D eigenvalue weighted by molar-refractivity contribution is 7.90. The summed E-state index contributed by atoms with van der Waals surface area (Å²) in [6, 6.07) is 6.31. The molecule has 1 aliphatic carbocycles. The van der Waals surface area contributed by atoms with Crippen LogP contribution in [0.4, 0.5) is 4.39 Å². The zero-order chi connectivity index (χ0) is 22.2. The van der Waals surface area contributed by atoms with E-state index in [1.54, 1.807) is 24.5 Å². The van der Waals surface area contributed by atoms with E-state index in [4.69, 9.17) is 0 Å². The molecule has 2 heterocycles. The van der Waals surface area contributed by atoms with Crippen LogP contribution in [0.1, 0.15) is 49.8 Å². The van der Waals surface area contributed by atoms with Crippen molar-refractivity contribution < 1.29 is 17.6 Å². The number of nitrogens with zero attached hydrogens (tertiary/aromatic N) is 4. The molecule has 0 aliphatic heterocycles. The number of carbonyl (C=O) groups excluding carboxylic acids is 1. The summed E-state index contributed by atoms with van der Waals surface area (Å²) in [5, 5.41) is 7.63. The van der Waals surface area contributed by atoms with E-state index >= 15 is 0 Å². The van der Waals surface area contributed by atoms with Gasteiger partial charge in [0, 0.05) is 18.0 Å². The SMILES string of the molecule is CC(C)c1cc(F)cc(-c2cccnc2)c1CC(=O)NS(=O)(=O)c1cnn(C2CC2)n1. The highest BCUT2D eigenvalue weighted by Gasteiger charge is 2.29. The monoisotopic (exact) mass is 443 g/mol. The van der Waals surface area contributed by atoms with Gasteiger partial charge < -0.3 is 0 Å². The van der Waals surface area contributed by atoms with Crippen LogP contribution >= 0.6 is 0 Å². The molecular formula is C21H22FN5O3S. The normalized spacial score (nSPS) is 14.1. The molecule has 4 rings (SSSR count). The molecule has 1 aromatic carbocycles. The number of nitrogens with one attached hydrogen (secondary N) is 1. The van der Waals surface area contributed by atoms with Crippen molar-refractivity contribution in [3.8, 4) is 11.1 Å². The molecule has 10 heteroatoms. The highest BCUT2D eigenvalue weighted by Crippen LogP contribution is 2.33. The van der Waals surface area contributed by atoms with Gasteiger partial charge in [-0.25, -0.2) is 9.11 Å². The molecule has 1 amide bonds. The highest BCUT2D eigenvalue weighted by atomic mass is 32.2. The molecule has 0 atom stereocenters. The number of benzene rings is 1. The summed E-state index contributed by atoms with van der Waals surface area (Å²) in [7, 11) is -4.16.